The van der Waals surface area contributed by atoms with E-state index in [1.54, 1.807) is 12.3 Å². The Balaban J connectivity index is 1.80. The molecule has 118 valence electrons. The molecule has 6 nitrogen and oxygen atoms in total. The predicted molar refractivity (Wildman–Crippen MR) is 81.9 cm³/mol. The standard InChI is InChI=1S/C16H21N3O3/c1-10(2)19-15-12(8-17-19)7-14(11(3)18-15)16(20)22-9-13-5-4-6-21-13/h7-8,10,13H,4-6,9H2,1-3H3/t13-/m1/s1. The SMILES string of the molecule is Cc1nc2c(cnn2C(C)C)cc1C(=O)OC[C@H]1CCCO1. The summed E-state index contributed by atoms with van der Waals surface area (Å²) in [7, 11) is 0. The molecule has 0 N–H and O–H groups in total. The zero-order valence-corrected chi connectivity index (χ0v) is 13.2. The Morgan fingerprint density at radius 3 is 3.05 bits per heavy atom. The van der Waals surface area contributed by atoms with Gasteiger partial charge in [0.2, 0.25) is 0 Å². The molecule has 2 aromatic heterocycles. The van der Waals surface area contributed by atoms with Gasteiger partial charge in [-0.1, -0.05) is 0 Å². The Kier molecular flexibility index (Phi) is 4.11. The Morgan fingerprint density at radius 1 is 1.55 bits per heavy atom. The smallest absolute Gasteiger partial charge is 0.340 e. The van der Waals surface area contributed by atoms with Crippen LogP contribution in [0.3, 0.4) is 0 Å². The van der Waals surface area contributed by atoms with Gasteiger partial charge in [0.1, 0.15) is 6.61 Å². The Morgan fingerprint density at radius 2 is 2.36 bits per heavy atom. The van der Waals surface area contributed by atoms with Crippen molar-refractivity contribution in [2.75, 3.05) is 13.2 Å². The van der Waals surface area contributed by atoms with E-state index in [9.17, 15) is 4.79 Å². The number of hydrogen-bond acceptors (Lipinski definition) is 5. The quantitative estimate of drug-likeness (QED) is 0.812. The summed E-state index contributed by atoms with van der Waals surface area (Å²) < 4.78 is 12.7. The van der Waals surface area contributed by atoms with Crippen molar-refractivity contribution in [1.29, 1.82) is 0 Å². The van der Waals surface area contributed by atoms with Crippen LogP contribution in [0.15, 0.2) is 12.3 Å². The monoisotopic (exact) mass is 303 g/mol. The number of fused-ring (bicyclic) bond motifs is 1. The lowest BCUT2D eigenvalue weighted by Crippen LogP contribution is -2.18. The fourth-order valence-corrected chi connectivity index (χ4v) is 2.67. The van der Waals surface area contributed by atoms with Gasteiger partial charge in [-0.05, 0) is 39.7 Å². The fourth-order valence-electron chi connectivity index (χ4n) is 2.67. The van der Waals surface area contributed by atoms with Gasteiger partial charge in [-0.15, -0.1) is 0 Å². The molecule has 0 unspecified atom stereocenters. The molecule has 0 bridgehead atoms. The fraction of sp³-hybridized carbons (Fsp3) is 0.562. The van der Waals surface area contributed by atoms with Crippen molar-refractivity contribution in [3.8, 4) is 0 Å². The van der Waals surface area contributed by atoms with E-state index in [0.29, 0.717) is 17.9 Å². The molecule has 6 heteroatoms. The van der Waals surface area contributed by atoms with E-state index in [-0.39, 0.29) is 18.1 Å². The lowest BCUT2D eigenvalue weighted by atomic mass is 10.1. The summed E-state index contributed by atoms with van der Waals surface area (Å²) in [5, 5.41) is 5.18. The highest BCUT2D eigenvalue weighted by Crippen LogP contribution is 2.20. The van der Waals surface area contributed by atoms with Crippen LogP contribution in [-0.4, -0.2) is 40.1 Å². The van der Waals surface area contributed by atoms with Crippen molar-refractivity contribution in [2.45, 2.75) is 45.8 Å². The number of hydrogen-bond donors (Lipinski definition) is 0. The summed E-state index contributed by atoms with van der Waals surface area (Å²) in [6.45, 7) is 6.98. The minimum atomic E-state index is -0.348. The van der Waals surface area contributed by atoms with Crippen LogP contribution in [0.25, 0.3) is 11.0 Å². The summed E-state index contributed by atoms with van der Waals surface area (Å²) in [6.07, 6.45) is 3.75. The molecule has 1 aliphatic heterocycles. The lowest BCUT2D eigenvalue weighted by molar-refractivity contribution is 0.0160. The maximum absolute atomic E-state index is 12.3. The van der Waals surface area contributed by atoms with E-state index in [1.807, 2.05) is 25.5 Å². The molecule has 22 heavy (non-hydrogen) atoms. The first-order chi connectivity index (χ1) is 10.6. The molecule has 2 aromatic rings. The minimum Gasteiger partial charge on any atom is -0.459 e. The van der Waals surface area contributed by atoms with Crippen LogP contribution in [0.5, 0.6) is 0 Å². The zero-order valence-electron chi connectivity index (χ0n) is 13.2. The first-order valence-corrected chi connectivity index (χ1v) is 7.70. The van der Waals surface area contributed by atoms with Gasteiger partial charge in [0.25, 0.3) is 0 Å². The highest BCUT2D eigenvalue weighted by atomic mass is 16.6. The van der Waals surface area contributed by atoms with Gasteiger partial charge in [0.15, 0.2) is 5.65 Å². The third kappa shape index (κ3) is 2.83. The van der Waals surface area contributed by atoms with Crippen LogP contribution >= 0.6 is 0 Å². The number of ether oxygens (including phenoxy) is 2. The van der Waals surface area contributed by atoms with Crippen molar-refractivity contribution in [3.63, 3.8) is 0 Å². The van der Waals surface area contributed by atoms with E-state index >= 15 is 0 Å². The minimum absolute atomic E-state index is 0.0321. The van der Waals surface area contributed by atoms with E-state index in [2.05, 4.69) is 10.1 Å². The topological polar surface area (TPSA) is 66.2 Å². The highest BCUT2D eigenvalue weighted by Gasteiger charge is 2.20. The summed E-state index contributed by atoms with van der Waals surface area (Å²) in [5.74, 6) is -0.348. The summed E-state index contributed by atoms with van der Waals surface area (Å²) in [6, 6.07) is 2.03. The first-order valence-electron chi connectivity index (χ1n) is 7.70. The van der Waals surface area contributed by atoms with Crippen LogP contribution in [0.1, 0.15) is 48.8 Å². The number of pyridine rings is 1. The molecule has 3 rings (SSSR count). The molecule has 1 atom stereocenters. The van der Waals surface area contributed by atoms with Gasteiger partial charge in [-0.3, -0.25) is 0 Å². The molecule has 0 radical (unpaired) electrons. The number of aryl methyl sites for hydroxylation is 1. The number of nitrogens with zero attached hydrogens (tertiary/aromatic N) is 3. The van der Waals surface area contributed by atoms with E-state index < -0.39 is 0 Å². The summed E-state index contributed by atoms with van der Waals surface area (Å²) in [4.78, 5) is 16.8. The van der Waals surface area contributed by atoms with E-state index in [4.69, 9.17) is 9.47 Å². The van der Waals surface area contributed by atoms with Gasteiger partial charge in [-0.25, -0.2) is 14.5 Å². The summed E-state index contributed by atoms with van der Waals surface area (Å²) in [5.41, 5.74) is 1.95. The molecule has 1 saturated heterocycles. The number of esters is 1. The average molecular weight is 303 g/mol. The van der Waals surface area contributed by atoms with Gasteiger partial charge < -0.3 is 9.47 Å². The third-order valence-corrected chi connectivity index (χ3v) is 3.89. The second-order valence-electron chi connectivity index (χ2n) is 5.95. The van der Waals surface area contributed by atoms with Crippen LogP contribution in [0, 0.1) is 6.92 Å². The van der Waals surface area contributed by atoms with Crippen LogP contribution in [-0.2, 0) is 9.47 Å². The molecule has 0 spiro atoms. The van der Waals surface area contributed by atoms with Gasteiger partial charge in [0, 0.05) is 18.0 Å². The Hall–Kier alpha value is -1.95. The van der Waals surface area contributed by atoms with Crippen molar-refractivity contribution in [3.05, 3.63) is 23.5 Å². The van der Waals surface area contributed by atoms with Gasteiger partial charge in [-0.2, -0.15) is 5.10 Å². The average Bonchev–Trinajstić information content (AvgIpc) is 3.12. The molecule has 0 aliphatic carbocycles. The van der Waals surface area contributed by atoms with Crippen LogP contribution in [0.4, 0.5) is 0 Å². The van der Waals surface area contributed by atoms with Gasteiger partial charge in [0.05, 0.1) is 23.6 Å². The number of carbonyl (C=O) groups is 1. The number of carbonyl (C=O) groups excluding carboxylic acids is 1. The van der Waals surface area contributed by atoms with Crippen molar-refractivity contribution in [2.24, 2.45) is 0 Å². The van der Waals surface area contributed by atoms with Crippen LogP contribution < -0.4 is 0 Å². The van der Waals surface area contributed by atoms with E-state index in [1.165, 1.54) is 0 Å². The molecular formula is C16H21N3O3. The normalized spacial score (nSPS) is 18.3. The molecule has 0 aromatic carbocycles. The maximum atomic E-state index is 12.3. The number of aromatic nitrogens is 3. The van der Waals surface area contributed by atoms with Crippen molar-refractivity contribution in [1.82, 2.24) is 14.8 Å². The van der Waals surface area contributed by atoms with Gasteiger partial charge >= 0.3 is 5.97 Å². The maximum Gasteiger partial charge on any atom is 0.340 e. The predicted octanol–water partition coefficient (Wildman–Crippen LogP) is 2.66. The third-order valence-electron chi connectivity index (χ3n) is 3.89. The van der Waals surface area contributed by atoms with Crippen molar-refractivity contribution < 1.29 is 14.3 Å². The van der Waals surface area contributed by atoms with Crippen molar-refractivity contribution >= 4 is 17.0 Å². The highest BCUT2D eigenvalue weighted by molar-refractivity contribution is 5.94. The largest absolute Gasteiger partial charge is 0.459 e. The second kappa shape index (κ2) is 6.04. The molecule has 1 fully saturated rings. The second-order valence-corrected chi connectivity index (χ2v) is 5.95. The summed E-state index contributed by atoms with van der Waals surface area (Å²) >= 11 is 0. The van der Waals surface area contributed by atoms with E-state index in [0.717, 1.165) is 30.5 Å². The first kappa shape index (κ1) is 15.0. The lowest BCUT2D eigenvalue weighted by Gasteiger charge is -2.12. The Labute approximate surface area is 129 Å². The molecule has 0 amide bonds. The zero-order chi connectivity index (χ0) is 15.7. The van der Waals surface area contributed by atoms with Crippen LogP contribution in [0.2, 0.25) is 0 Å². The number of rotatable bonds is 4. The molecule has 3 heterocycles. The molecule has 1 aliphatic rings. The Bertz CT molecular complexity index is 687. The molecular weight excluding hydrogens is 282 g/mol. The molecule has 0 saturated carbocycles.